The highest BCUT2D eigenvalue weighted by Crippen LogP contribution is 2.42. The Morgan fingerprint density at radius 1 is 1.67 bits per heavy atom. The van der Waals surface area contributed by atoms with E-state index < -0.39 is 22.7 Å². The number of nitrogens with zero attached hydrogens (tertiary/aromatic N) is 4. The lowest BCUT2D eigenvalue weighted by Crippen LogP contribution is -2.42. The lowest BCUT2D eigenvalue weighted by atomic mass is 9.84. The average molecular weight is 294 g/mol. The third kappa shape index (κ3) is 2.09. The number of carbonyl (C=O) groups is 1. The summed E-state index contributed by atoms with van der Waals surface area (Å²) in [7, 11) is 1.63. The summed E-state index contributed by atoms with van der Waals surface area (Å²) >= 11 is 0. The summed E-state index contributed by atoms with van der Waals surface area (Å²) in [5.74, 6) is -2.31. The van der Waals surface area contributed by atoms with E-state index in [0.717, 1.165) is 0 Å². The fourth-order valence-electron chi connectivity index (χ4n) is 2.97. The normalized spacial score (nSPS) is 28.5. The lowest BCUT2D eigenvalue weighted by molar-refractivity contribution is -0.517. The number of esters is 1. The summed E-state index contributed by atoms with van der Waals surface area (Å²) in [5.41, 5.74) is 0.305. The van der Waals surface area contributed by atoms with Crippen molar-refractivity contribution in [3.63, 3.8) is 0 Å². The molecule has 0 spiro atoms. The number of aryl methyl sites for hydroxylation is 1. The summed E-state index contributed by atoms with van der Waals surface area (Å²) in [6.45, 7) is 0. The predicted octanol–water partition coefficient (Wildman–Crippen LogP) is -0.271. The van der Waals surface area contributed by atoms with Crippen molar-refractivity contribution in [2.45, 2.75) is 37.5 Å². The molecule has 1 N–H and O–H groups in total. The third-order valence-electron chi connectivity index (χ3n) is 3.95. The van der Waals surface area contributed by atoms with Gasteiger partial charge in [0.05, 0.1) is 12.0 Å². The zero-order chi connectivity index (χ0) is 15.2. The number of hydrogen-bond donors (Lipinski definition) is 1. The molecule has 9 nitrogen and oxygen atoms in total. The highest BCUT2D eigenvalue weighted by molar-refractivity contribution is 5.93. The molecule has 0 aromatic carbocycles. The fraction of sp³-hybridized carbons (Fsp3) is 0.583. The molecule has 1 aromatic rings. The zero-order valence-electron chi connectivity index (χ0n) is 11.4. The van der Waals surface area contributed by atoms with Crippen molar-refractivity contribution in [2.24, 2.45) is 7.05 Å². The Hall–Kier alpha value is -2.29. The van der Waals surface area contributed by atoms with Gasteiger partial charge in [0.15, 0.2) is 0 Å². The summed E-state index contributed by atoms with van der Waals surface area (Å²) in [4.78, 5) is 26.6. The van der Waals surface area contributed by atoms with Crippen molar-refractivity contribution in [2.75, 3.05) is 0 Å². The molecule has 9 heteroatoms. The molecule has 0 amide bonds. The summed E-state index contributed by atoms with van der Waals surface area (Å²) < 4.78 is 6.49. The average Bonchev–Trinajstić information content (AvgIpc) is 2.93. The Labute approximate surface area is 119 Å². The maximum Gasteiger partial charge on any atom is 0.337 e. The smallest absolute Gasteiger partial charge is 0.337 e. The number of rotatable bonds is 3. The number of cyclic esters (lactones) is 1. The van der Waals surface area contributed by atoms with E-state index in [-0.39, 0.29) is 24.0 Å². The van der Waals surface area contributed by atoms with Gasteiger partial charge in [0, 0.05) is 24.0 Å². The van der Waals surface area contributed by atoms with Crippen molar-refractivity contribution in [1.82, 2.24) is 14.8 Å². The summed E-state index contributed by atoms with van der Waals surface area (Å²) in [5, 5.41) is 25.8. The molecule has 1 aromatic heterocycles. The molecule has 112 valence electrons. The van der Waals surface area contributed by atoms with E-state index in [0.29, 0.717) is 18.7 Å². The van der Waals surface area contributed by atoms with Gasteiger partial charge in [-0.15, -0.1) is 0 Å². The number of hydrogen-bond acceptors (Lipinski definition) is 7. The predicted molar refractivity (Wildman–Crippen MR) is 67.4 cm³/mol. The quantitative estimate of drug-likeness (QED) is 0.462. The van der Waals surface area contributed by atoms with Gasteiger partial charge in [-0.05, 0) is 12.8 Å². The van der Waals surface area contributed by atoms with E-state index in [9.17, 15) is 20.0 Å². The highest BCUT2D eigenvalue weighted by atomic mass is 16.7. The molecule has 0 bridgehead atoms. The molecule has 3 rings (SSSR count). The van der Waals surface area contributed by atoms with E-state index in [1.165, 1.54) is 11.0 Å². The topological polar surface area (TPSA) is 120 Å². The molecule has 1 aliphatic heterocycles. The van der Waals surface area contributed by atoms with Gasteiger partial charge >= 0.3 is 5.97 Å². The van der Waals surface area contributed by atoms with Crippen LogP contribution in [0.15, 0.2) is 17.5 Å². The van der Waals surface area contributed by atoms with Crippen molar-refractivity contribution in [3.8, 4) is 0 Å². The minimum absolute atomic E-state index is 0.0757. The van der Waals surface area contributed by atoms with Crippen molar-refractivity contribution >= 4 is 5.97 Å². The second kappa shape index (κ2) is 4.62. The van der Waals surface area contributed by atoms with E-state index in [2.05, 4.69) is 10.1 Å². The van der Waals surface area contributed by atoms with Gasteiger partial charge in [0.1, 0.15) is 12.2 Å². The van der Waals surface area contributed by atoms with Gasteiger partial charge in [0.25, 0.3) is 0 Å². The largest absolute Gasteiger partial charge is 0.425 e. The van der Waals surface area contributed by atoms with Crippen LogP contribution in [0.4, 0.5) is 0 Å². The second-order valence-corrected chi connectivity index (χ2v) is 5.24. The summed E-state index contributed by atoms with van der Waals surface area (Å²) in [6.07, 6.45) is 2.35. The molecule has 0 radical (unpaired) electrons. The summed E-state index contributed by atoms with van der Waals surface area (Å²) in [6, 6.07) is -1.10. The number of aromatic nitrogens is 3. The molecule has 0 saturated carbocycles. The first-order valence-corrected chi connectivity index (χ1v) is 6.58. The second-order valence-electron chi connectivity index (χ2n) is 5.24. The Morgan fingerprint density at radius 3 is 3.05 bits per heavy atom. The van der Waals surface area contributed by atoms with Crippen LogP contribution >= 0.6 is 0 Å². The van der Waals surface area contributed by atoms with Gasteiger partial charge in [-0.3, -0.25) is 14.8 Å². The molecule has 0 fully saturated rings. The van der Waals surface area contributed by atoms with Crippen LogP contribution in [0.1, 0.15) is 25.1 Å². The Kier molecular flexibility index (Phi) is 3.01. The van der Waals surface area contributed by atoms with Crippen LogP contribution in [0.2, 0.25) is 0 Å². The maximum absolute atomic E-state index is 11.9. The number of carbonyl (C=O) groups excluding carboxylic acids is 1. The molecule has 21 heavy (non-hydrogen) atoms. The van der Waals surface area contributed by atoms with Crippen LogP contribution in [-0.4, -0.2) is 42.6 Å². The van der Waals surface area contributed by atoms with E-state index in [1.807, 2.05) is 0 Å². The van der Waals surface area contributed by atoms with E-state index >= 15 is 0 Å². The highest BCUT2D eigenvalue weighted by Gasteiger charge is 2.55. The Bertz CT molecular complexity index is 652. The Morgan fingerprint density at radius 2 is 2.43 bits per heavy atom. The number of aliphatic hydroxyl groups is 1. The molecule has 2 heterocycles. The zero-order valence-corrected chi connectivity index (χ0v) is 11.4. The lowest BCUT2D eigenvalue weighted by Gasteiger charge is -2.27. The molecule has 0 saturated heterocycles. The van der Waals surface area contributed by atoms with Gasteiger partial charge in [-0.1, -0.05) is 0 Å². The van der Waals surface area contributed by atoms with E-state index in [4.69, 9.17) is 4.74 Å². The molecular weight excluding hydrogens is 280 g/mol. The molecule has 2 aliphatic rings. The van der Waals surface area contributed by atoms with Crippen LogP contribution in [-0.2, 0) is 23.0 Å². The minimum atomic E-state index is -2.01. The first kappa shape index (κ1) is 13.7. The van der Waals surface area contributed by atoms with Gasteiger partial charge < -0.3 is 9.84 Å². The third-order valence-corrected chi connectivity index (χ3v) is 3.95. The van der Waals surface area contributed by atoms with Crippen molar-refractivity contribution < 1.29 is 19.6 Å². The number of ether oxygens (including phenoxy) is 1. The van der Waals surface area contributed by atoms with Gasteiger partial charge in [-0.2, -0.15) is 5.10 Å². The van der Waals surface area contributed by atoms with Gasteiger partial charge in [-0.25, -0.2) is 9.78 Å². The van der Waals surface area contributed by atoms with Crippen molar-refractivity contribution in [1.29, 1.82) is 0 Å². The minimum Gasteiger partial charge on any atom is -0.425 e. The molecule has 1 aliphatic carbocycles. The monoisotopic (exact) mass is 294 g/mol. The van der Waals surface area contributed by atoms with Crippen LogP contribution in [0.3, 0.4) is 0 Å². The SMILES string of the molecule is Cn1ncnc1CC1(O)OC(=O)C2=C1C([N+](=O)[O-])CCC2. The van der Waals surface area contributed by atoms with Crippen molar-refractivity contribution in [3.05, 3.63) is 33.4 Å². The first-order chi connectivity index (χ1) is 9.92. The molecule has 2 unspecified atom stereocenters. The van der Waals surface area contributed by atoms with Crippen LogP contribution in [0.5, 0.6) is 0 Å². The Balaban J connectivity index is 2.02. The van der Waals surface area contributed by atoms with E-state index in [1.54, 1.807) is 7.05 Å². The number of nitro groups is 1. The fourth-order valence-corrected chi connectivity index (χ4v) is 2.97. The van der Waals surface area contributed by atoms with Crippen LogP contribution < -0.4 is 0 Å². The van der Waals surface area contributed by atoms with Crippen LogP contribution in [0, 0.1) is 10.1 Å². The molecular formula is C12H14N4O5. The van der Waals surface area contributed by atoms with Crippen LogP contribution in [0.25, 0.3) is 0 Å². The first-order valence-electron chi connectivity index (χ1n) is 6.58. The maximum atomic E-state index is 11.9. The van der Waals surface area contributed by atoms with Gasteiger partial charge in [0.2, 0.25) is 11.8 Å². The molecule has 2 atom stereocenters. The standard InChI is InChI=1S/C12H14N4O5/c1-15-9(13-6-14-15)5-12(18)10-7(11(17)21-12)3-2-4-8(10)16(19)20/h6,8,18H,2-5H2,1H3.